The summed E-state index contributed by atoms with van der Waals surface area (Å²) in [5, 5.41) is 2.36. The van der Waals surface area contributed by atoms with Gasteiger partial charge in [0.2, 0.25) is 0 Å². The summed E-state index contributed by atoms with van der Waals surface area (Å²) >= 11 is 0. The van der Waals surface area contributed by atoms with Gasteiger partial charge in [-0.15, -0.1) is 0 Å². The molecule has 3 N–H and O–H groups in total. The molecule has 3 aromatic carbocycles. The first-order valence-corrected chi connectivity index (χ1v) is 11.0. The van der Waals surface area contributed by atoms with Crippen LogP contribution in [-0.2, 0) is 6.42 Å². The Kier molecular flexibility index (Phi) is 5.27. The molecule has 1 atom stereocenters. The molecule has 31 heavy (non-hydrogen) atoms. The molecule has 0 radical (unpaired) electrons. The Hall–Kier alpha value is -3.43. The van der Waals surface area contributed by atoms with Crippen LogP contribution in [0.1, 0.15) is 25.5 Å². The fourth-order valence-corrected chi connectivity index (χ4v) is 4.34. The highest BCUT2D eigenvalue weighted by Crippen LogP contribution is 2.31. The third kappa shape index (κ3) is 3.97. The standard InChI is InChI=1S/C28H27N3/c1-2-6-23(29)18-24-14-15-25-26-17-22(13-16-27(26)31-28(25)30-24)21-11-9-20(10-12-21)19-7-4-3-5-8-19/h3-5,7-17,23H,2,6,18,29H2,1H3,(H,30,31). The zero-order valence-electron chi connectivity index (χ0n) is 17.8. The smallest absolute Gasteiger partial charge is 0.138 e. The number of hydrogen-bond donors (Lipinski definition) is 2. The second kappa shape index (κ2) is 8.37. The lowest BCUT2D eigenvalue weighted by Gasteiger charge is -2.09. The molecule has 154 valence electrons. The van der Waals surface area contributed by atoms with Crippen molar-refractivity contribution in [2.75, 3.05) is 0 Å². The van der Waals surface area contributed by atoms with Crippen molar-refractivity contribution < 1.29 is 0 Å². The van der Waals surface area contributed by atoms with Crippen LogP contribution in [0, 0.1) is 0 Å². The summed E-state index contributed by atoms with van der Waals surface area (Å²) in [6.07, 6.45) is 2.95. The minimum Gasteiger partial charge on any atom is -0.339 e. The number of benzene rings is 3. The molecule has 0 aliphatic heterocycles. The Balaban J connectivity index is 1.47. The van der Waals surface area contributed by atoms with Gasteiger partial charge >= 0.3 is 0 Å². The van der Waals surface area contributed by atoms with Gasteiger partial charge in [0.15, 0.2) is 0 Å². The zero-order valence-corrected chi connectivity index (χ0v) is 17.8. The molecule has 2 heterocycles. The van der Waals surface area contributed by atoms with Gasteiger partial charge in [-0.1, -0.05) is 74.0 Å². The summed E-state index contributed by atoms with van der Waals surface area (Å²) in [5.41, 5.74) is 14.2. The molecule has 0 spiro atoms. The maximum Gasteiger partial charge on any atom is 0.138 e. The molecule has 1 unspecified atom stereocenters. The van der Waals surface area contributed by atoms with Gasteiger partial charge in [0.1, 0.15) is 5.65 Å². The molecule has 0 saturated heterocycles. The maximum atomic E-state index is 6.22. The monoisotopic (exact) mass is 405 g/mol. The van der Waals surface area contributed by atoms with Crippen LogP contribution in [0.2, 0.25) is 0 Å². The third-order valence-corrected chi connectivity index (χ3v) is 5.97. The highest BCUT2D eigenvalue weighted by atomic mass is 14.9. The molecule has 3 nitrogen and oxygen atoms in total. The molecule has 5 aromatic rings. The lowest BCUT2D eigenvalue weighted by atomic mass is 9.99. The molecule has 2 aromatic heterocycles. The molecular weight excluding hydrogens is 378 g/mol. The van der Waals surface area contributed by atoms with Crippen LogP contribution in [0.5, 0.6) is 0 Å². The van der Waals surface area contributed by atoms with E-state index in [-0.39, 0.29) is 6.04 Å². The normalized spacial score (nSPS) is 12.5. The van der Waals surface area contributed by atoms with Gasteiger partial charge in [-0.3, -0.25) is 0 Å². The molecule has 0 bridgehead atoms. The quantitative estimate of drug-likeness (QED) is 0.329. The van der Waals surface area contributed by atoms with Gasteiger partial charge in [0.25, 0.3) is 0 Å². The van der Waals surface area contributed by atoms with Crippen LogP contribution in [0.4, 0.5) is 0 Å². The van der Waals surface area contributed by atoms with E-state index in [2.05, 4.69) is 90.8 Å². The fourth-order valence-electron chi connectivity index (χ4n) is 4.34. The number of nitrogens with one attached hydrogen (secondary N) is 1. The summed E-state index contributed by atoms with van der Waals surface area (Å²) < 4.78 is 0. The second-order valence-electron chi connectivity index (χ2n) is 8.28. The Morgan fingerprint density at radius 1 is 0.774 bits per heavy atom. The number of rotatable bonds is 6. The maximum absolute atomic E-state index is 6.22. The van der Waals surface area contributed by atoms with Crippen LogP contribution in [0.25, 0.3) is 44.2 Å². The van der Waals surface area contributed by atoms with E-state index in [1.807, 2.05) is 6.07 Å². The van der Waals surface area contributed by atoms with Crippen molar-refractivity contribution in [3.63, 3.8) is 0 Å². The van der Waals surface area contributed by atoms with Crippen molar-refractivity contribution in [1.29, 1.82) is 0 Å². The number of hydrogen-bond acceptors (Lipinski definition) is 2. The van der Waals surface area contributed by atoms with Crippen molar-refractivity contribution in [3.8, 4) is 22.3 Å². The number of aromatic amines is 1. The van der Waals surface area contributed by atoms with Crippen LogP contribution in [0.15, 0.2) is 84.9 Å². The minimum absolute atomic E-state index is 0.171. The Bertz CT molecular complexity index is 1320. The SMILES string of the molecule is CCCC(N)Cc1ccc2c(n1)[nH]c1ccc(-c3ccc(-c4ccccc4)cc3)cc12. The molecule has 3 heteroatoms. The number of fused-ring (bicyclic) bond motifs is 3. The summed E-state index contributed by atoms with van der Waals surface area (Å²) in [6.45, 7) is 2.17. The first-order valence-electron chi connectivity index (χ1n) is 11.0. The van der Waals surface area contributed by atoms with E-state index in [1.54, 1.807) is 0 Å². The summed E-state index contributed by atoms with van der Waals surface area (Å²) in [4.78, 5) is 8.33. The lowest BCUT2D eigenvalue weighted by molar-refractivity contribution is 0.594. The van der Waals surface area contributed by atoms with Gasteiger partial charge in [-0.05, 0) is 52.9 Å². The van der Waals surface area contributed by atoms with Gasteiger partial charge < -0.3 is 10.7 Å². The summed E-state index contributed by atoms with van der Waals surface area (Å²) in [6, 6.07) is 30.3. The average molecular weight is 406 g/mol. The topological polar surface area (TPSA) is 54.7 Å². The number of nitrogens with zero attached hydrogens (tertiary/aromatic N) is 1. The molecule has 5 rings (SSSR count). The Labute approximate surface area is 183 Å². The van der Waals surface area contributed by atoms with Crippen molar-refractivity contribution in [2.45, 2.75) is 32.2 Å². The summed E-state index contributed by atoms with van der Waals surface area (Å²) in [7, 11) is 0. The van der Waals surface area contributed by atoms with E-state index < -0.39 is 0 Å². The predicted octanol–water partition coefficient (Wildman–Crippen LogP) is 6.72. The number of H-pyrrole nitrogens is 1. The fraction of sp³-hybridized carbons (Fsp3) is 0.179. The number of nitrogens with two attached hydrogens (primary N) is 1. The lowest BCUT2D eigenvalue weighted by Crippen LogP contribution is -2.22. The molecular formula is C28H27N3. The van der Waals surface area contributed by atoms with Crippen LogP contribution in [-0.4, -0.2) is 16.0 Å². The molecule has 0 aliphatic rings. The second-order valence-corrected chi connectivity index (χ2v) is 8.28. The largest absolute Gasteiger partial charge is 0.339 e. The number of pyridine rings is 1. The Morgan fingerprint density at radius 3 is 2.19 bits per heavy atom. The van der Waals surface area contributed by atoms with Gasteiger partial charge in [-0.2, -0.15) is 0 Å². The van der Waals surface area contributed by atoms with E-state index in [4.69, 9.17) is 10.7 Å². The first-order chi connectivity index (χ1) is 15.2. The zero-order chi connectivity index (χ0) is 21.2. The molecule has 0 aliphatic carbocycles. The van der Waals surface area contributed by atoms with E-state index in [0.717, 1.165) is 41.5 Å². The van der Waals surface area contributed by atoms with E-state index in [1.165, 1.54) is 27.6 Å². The highest BCUT2D eigenvalue weighted by molar-refractivity contribution is 6.07. The average Bonchev–Trinajstić information content (AvgIpc) is 3.17. The van der Waals surface area contributed by atoms with Crippen LogP contribution >= 0.6 is 0 Å². The van der Waals surface area contributed by atoms with Crippen molar-refractivity contribution in [1.82, 2.24) is 9.97 Å². The first kappa shape index (κ1) is 19.5. The number of aromatic nitrogens is 2. The Morgan fingerprint density at radius 2 is 1.45 bits per heavy atom. The predicted molar refractivity (Wildman–Crippen MR) is 131 cm³/mol. The molecule has 0 saturated carbocycles. The van der Waals surface area contributed by atoms with Crippen molar-refractivity contribution in [3.05, 3.63) is 90.6 Å². The highest BCUT2D eigenvalue weighted by Gasteiger charge is 2.10. The van der Waals surface area contributed by atoms with Gasteiger partial charge in [0.05, 0.1) is 0 Å². The van der Waals surface area contributed by atoms with E-state index >= 15 is 0 Å². The molecule has 0 amide bonds. The minimum atomic E-state index is 0.171. The van der Waals surface area contributed by atoms with Crippen molar-refractivity contribution >= 4 is 21.9 Å². The summed E-state index contributed by atoms with van der Waals surface area (Å²) in [5.74, 6) is 0. The van der Waals surface area contributed by atoms with E-state index in [0.29, 0.717) is 0 Å². The molecule has 0 fully saturated rings. The van der Waals surface area contributed by atoms with Crippen molar-refractivity contribution in [2.24, 2.45) is 5.73 Å². The van der Waals surface area contributed by atoms with E-state index in [9.17, 15) is 0 Å². The van der Waals surface area contributed by atoms with Crippen LogP contribution < -0.4 is 5.73 Å². The van der Waals surface area contributed by atoms with Crippen LogP contribution in [0.3, 0.4) is 0 Å². The van der Waals surface area contributed by atoms with Gasteiger partial charge in [-0.25, -0.2) is 4.98 Å². The third-order valence-electron chi connectivity index (χ3n) is 5.97. The van der Waals surface area contributed by atoms with Gasteiger partial charge in [0, 0.05) is 34.4 Å².